The maximum absolute atomic E-state index is 14.4. The van der Waals surface area contributed by atoms with Crippen molar-refractivity contribution >= 4 is 5.97 Å². The molecule has 3 rings (SSSR count). The number of ether oxygens (including phenoxy) is 2. The molecule has 30 heavy (non-hydrogen) atoms. The van der Waals surface area contributed by atoms with Gasteiger partial charge in [0.05, 0.1) is 18.2 Å². The molecule has 2 aromatic rings. The molecule has 0 amide bonds. The van der Waals surface area contributed by atoms with Crippen molar-refractivity contribution in [2.75, 3.05) is 6.61 Å². The second-order valence-corrected chi connectivity index (χ2v) is 7.49. The van der Waals surface area contributed by atoms with Crippen LogP contribution >= 0.6 is 0 Å². The van der Waals surface area contributed by atoms with E-state index >= 15 is 0 Å². The zero-order valence-electron chi connectivity index (χ0n) is 16.6. The summed E-state index contributed by atoms with van der Waals surface area (Å²) in [5.74, 6) is -5.41. The summed E-state index contributed by atoms with van der Waals surface area (Å²) in [6.45, 7) is 2.32. The Balaban J connectivity index is 1.69. The molecule has 0 saturated heterocycles. The van der Waals surface area contributed by atoms with Crippen LogP contribution in [-0.4, -0.2) is 12.6 Å². The highest BCUT2D eigenvalue weighted by Gasteiger charge is 2.27. The fraction of sp³-hybridized carbons (Fsp3) is 0.391. The summed E-state index contributed by atoms with van der Waals surface area (Å²) >= 11 is 0. The van der Waals surface area contributed by atoms with Gasteiger partial charge in [0.1, 0.15) is 17.1 Å². The van der Waals surface area contributed by atoms with Crippen molar-refractivity contribution in [3.8, 4) is 17.6 Å². The van der Waals surface area contributed by atoms with Gasteiger partial charge in [-0.3, -0.25) is 0 Å². The molecule has 1 fully saturated rings. The molecule has 158 valence electrons. The van der Waals surface area contributed by atoms with E-state index in [0.29, 0.717) is 17.5 Å². The second-order valence-electron chi connectivity index (χ2n) is 7.49. The average molecular weight is 417 g/mol. The summed E-state index contributed by atoms with van der Waals surface area (Å²) in [4.78, 5) is 12.2. The predicted molar refractivity (Wildman–Crippen MR) is 104 cm³/mol. The number of rotatable bonds is 6. The first-order chi connectivity index (χ1) is 14.4. The topological polar surface area (TPSA) is 59.3 Å². The number of benzene rings is 2. The van der Waals surface area contributed by atoms with Gasteiger partial charge in [-0.2, -0.15) is 9.65 Å². The van der Waals surface area contributed by atoms with Crippen LogP contribution in [0, 0.1) is 40.6 Å². The highest BCUT2D eigenvalue weighted by molar-refractivity contribution is 5.92. The van der Waals surface area contributed by atoms with Crippen LogP contribution in [0.3, 0.4) is 0 Å². The third kappa shape index (κ3) is 4.93. The molecule has 0 heterocycles. The SMILES string of the molecule is CCC1CCC(COc2cc(F)c(C(=O)Oc3ccc(C#N)cc3)c(F)c2F)CC1. The van der Waals surface area contributed by atoms with E-state index in [-0.39, 0.29) is 18.3 Å². The van der Waals surface area contributed by atoms with E-state index in [2.05, 4.69) is 6.92 Å². The molecule has 7 heteroatoms. The highest BCUT2D eigenvalue weighted by atomic mass is 19.2. The number of hydrogen-bond acceptors (Lipinski definition) is 4. The zero-order valence-corrected chi connectivity index (χ0v) is 16.6. The molecule has 4 nitrogen and oxygen atoms in total. The third-order valence-corrected chi connectivity index (χ3v) is 5.54. The summed E-state index contributed by atoms with van der Waals surface area (Å²) < 4.78 is 53.5. The number of hydrogen-bond donors (Lipinski definition) is 0. The molecule has 0 radical (unpaired) electrons. The molecular formula is C23H22F3NO3. The van der Waals surface area contributed by atoms with E-state index in [1.165, 1.54) is 24.3 Å². The Labute approximate surface area is 173 Å². The van der Waals surface area contributed by atoms with Crippen molar-refractivity contribution in [1.29, 1.82) is 5.26 Å². The van der Waals surface area contributed by atoms with Crippen LogP contribution in [0.15, 0.2) is 30.3 Å². The Hall–Kier alpha value is -3.01. The molecular weight excluding hydrogens is 395 g/mol. The fourth-order valence-electron chi connectivity index (χ4n) is 3.64. The number of carbonyl (C=O) groups excluding carboxylic acids is 1. The molecule has 0 aromatic heterocycles. The standard InChI is InChI=1S/C23H22F3NO3/c1-2-14-3-5-16(6-4-14)13-29-19-11-18(24)20(22(26)21(19)25)23(28)30-17-9-7-15(12-27)8-10-17/h7-11,14,16H,2-6,13H2,1H3. The van der Waals surface area contributed by atoms with E-state index in [1.807, 2.05) is 6.07 Å². The van der Waals surface area contributed by atoms with Gasteiger partial charge in [-0.25, -0.2) is 13.6 Å². The van der Waals surface area contributed by atoms with Crippen LogP contribution in [0.4, 0.5) is 13.2 Å². The molecule has 1 aliphatic rings. The van der Waals surface area contributed by atoms with Crippen molar-refractivity contribution in [2.45, 2.75) is 39.0 Å². The first-order valence-electron chi connectivity index (χ1n) is 9.95. The second kappa shape index (κ2) is 9.66. The van der Waals surface area contributed by atoms with Gasteiger partial charge in [-0.15, -0.1) is 0 Å². The number of nitrogens with zero attached hydrogens (tertiary/aromatic N) is 1. The Morgan fingerprint density at radius 1 is 1.07 bits per heavy atom. The average Bonchev–Trinajstić information content (AvgIpc) is 2.76. The lowest BCUT2D eigenvalue weighted by atomic mass is 9.81. The van der Waals surface area contributed by atoms with Crippen LogP contribution in [0.5, 0.6) is 11.5 Å². The first kappa shape index (κ1) is 21.7. The van der Waals surface area contributed by atoms with Gasteiger partial charge in [0.25, 0.3) is 0 Å². The molecule has 0 atom stereocenters. The molecule has 0 N–H and O–H groups in total. The summed E-state index contributed by atoms with van der Waals surface area (Å²) in [5.41, 5.74) is -0.810. The van der Waals surface area contributed by atoms with Crippen molar-refractivity contribution < 1.29 is 27.4 Å². The van der Waals surface area contributed by atoms with Crippen LogP contribution in [0.25, 0.3) is 0 Å². The summed E-state index contributed by atoms with van der Waals surface area (Å²) in [5, 5.41) is 8.76. The van der Waals surface area contributed by atoms with Gasteiger partial charge in [-0.1, -0.05) is 26.2 Å². The minimum atomic E-state index is -1.65. The van der Waals surface area contributed by atoms with Crippen molar-refractivity contribution in [3.63, 3.8) is 0 Å². The largest absolute Gasteiger partial charge is 0.490 e. The van der Waals surface area contributed by atoms with Gasteiger partial charge >= 0.3 is 5.97 Å². The molecule has 2 aromatic carbocycles. The van der Waals surface area contributed by atoms with Crippen molar-refractivity contribution in [3.05, 3.63) is 58.9 Å². The summed E-state index contributed by atoms with van der Waals surface area (Å²) in [7, 11) is 0. The van der Waals surface area contributed by atoms with Crippen molar-refractivity contribution in [2.24, 2.45) is 11.8 Å². The van der Waals surface area contributed by atoms with Crippen molar-refractivity contribution in [1.82, 2.24) is 0 Å². The van der Waals surface area contributed by atoms with Gasteiger partial charge in [0.15, 0.2) is 11.6 Å². The molecule has 1 saturated carbocycles. The summed E-state index contributed by atoms with van der Waals surface area (Å²) in [6.07, 6.45) is 5.12. The van der Waals surface area contributed by atoms with Gasteiger partial charge in [-0.05, 0) is 48.9 Å². The lowest BCUT2D eigenvalue weighted by Gasteiger charge is -2.27. The Morgan fingerprint density at radius 2 is 1.70 bits per heavy atom. The van der Waals surface area contributed by atoms with E-state index in [4.69, 9.17) is 14.7 Å². The minimum Gasteiger partial charge on any atom is -0.490 e. The normalized spacial score (nSPS) is 18.5. The van der Waals surface area contributed by atoms with E-state index in [0.717, 1.165) is 32.1 Å². The maximum Gasteiger partial charge on any atom is 0.349 e. The Kier molecular flexibility index (Phi) is 6.99. The van der Waals surface area contributed by atoms with Crippen LogP contribution in [0.1, 0.15) is 54.9 Å². The van der Waals surface area contributed by atoms with Gasteiger partial charge < -0.3 is 9.47 Å². The van der Waals surface area contributed by atoms with Crippen LogP contribution < -0.4 is 9.47 Å². The van der Waals surface area contributed by atoms with Gasteiger partial charge in [0, 0.05) is 6.07 Å². The molecule has 0 spiro atoms. The summed E-state index contributed by atoms with van der Waals surface area (Å²) in [6, 6.07) is 7.91. The number of esters is 1. The number of halogens is 3. The van der Waals surface area contributed by atoms with E-state index in [1.54, 1.807) is 0 Å². The van der Waals surface area contributed by atoms with Crippen LogP contribution in [0.2, 0.25) is 0 Å². The van der Waals surface area contributed by atoms with Crippen LogP contribution in [-0.2, 0) is 0 Å². The molecule has 1 aliphatic carbocycles. The molecule has 0 aliphatic heterocycles. The highest BCUT2D eigenvalue weighted by Crippen LogP contribution is 2.32. The quantitative estimate of drug-likeness (QED) is 0.339. The number of nitriles is 1. The first-order valence-corrected chi connectivity index (χ1v) is 9.95. The molecule has 0 bridgehead atoms. The lowest BCUT2D eigenvalue weighted by molar-refractivity contribution is 0.0722. The lowest BCUT2D eigenvalue weighted by Crippen LogP contribution is -2.21. The van der Waals surface area contributed by atoms with E-state index < -0.39 is 34.7 Å². The fourth-order valence-corrected chi connectivity index (χ4v) is 3.64. The van der Waals surface area contributed by atoms with E-state index in [9.17, 15) is 18.0 Å². The maximum atomic E-state index is 14.4. The zero-order chi connectivity index (χ0) is 21.7. The predicted octanol–water partition coefficient (Wildman–Crippen LogP) is 5.79. The third-order valence-electron chi connectivity index (χ3n) is 5.54. The Bertz CT molecular complexity index is 946. The van der Waals surface area contributed by atoms with Gasteiger partial charge in [0.2, 0.25) is 5.82 Å². The Morgan fingerprint density at radius 3 is 2.30 bits per heavy atom. The number of carbonyl (C=O) groups is 1. The molecule has 0 unspecified atom stereocenters. The minimum absolute atomic E-state index is 0.0267. The monoisotopic (exact) mass is 417 g/mol. The smallest absolute Gasteiger partial charge is 0.349 e.